The van der Waals surface area contributed by atoms with E-state index in [1.165, 1.54) is 23.3 Å². The summed E-state index contributed by atoms with van der Waals surface area (Å²) < 4.78 is 11.1. The van der Waals surface area contributed by atoms with E-state index in [1.807, 2.05) is 24.3 Å². The van der Waals surface area contributed by atoms with Gasteiger partial charge in [-0.1, -0.05) is 98.1 Å². The van der Waals surface area contributed by atoms with Crippen LogP contribution in [-0.2, 0) is 24.5 Å². The van der Waals surface area contributed by atoms with Crippen molar-refractivity contribution < 1.29 is 19.1 Å². The number of hydrogen-bond donors (Lipinski definition) is 0. The number of hydrogen-bond acceptors (Lipinski definition) is 6. The number of benzene rings is 6. The van der Waals surface area contributed by atoms with Crippen LogP contribution in [0.4, 0.5) is 34.1 Å². The first-order valence-corrected chi connectivity index (χ1v) is 18.7. The molecule has 55 heavy (non-hydrogen) atoms. The van der Waals surface area contributed by atoms with Crippen LogP contribution in [0.5, 0.6) is 0 Å². The highest BCUT2D eigenvalue weighted by Gasteiger charge is 2.43. The van der Waals surface area contributed by atoms with Crippen molar-refractivity contribution in [2.24, 2.45) is 0 Å². The molecule has 0 bridgehead atoms. The highest BCUT2D eigenvalue weighted by molar-refractivity contribution is 5.88. The van der Waals surface area contributed by atoms with Crippen molar-refractivity contribution in [3.63, 3.8) is 0 Å². The van der Waals surface area contributed by atoms with Crippen LogP contribution in [0.2, 0.25) is 0 Å². The maximum atomic E-state index is 12.2. The SMILES string of the molecule is C=CC(=O)OCCCC1(CCCOC(=O)C=C)c2cc(N(c3ccccc3)c3ccccc3)ccc2-c2ccc(N(c3ccccc3)c3ccccc3)cc21. The van der Waals surface area contributed by atoms with Gasteiger partial charge in [-0.3, -0.25) is 0 Å². The van der Waals surface area contributed by atoms with Crippen molar-refractivity contribution in [1.29, 1.82) is 0 Å². The van der Waals surface area contributed by atoms with Gasteiger partial charge in [0.2, 0.25) is 0 Å². The summed E-state index contributed by atoms with van der Waals surface area (Å²) >= 11 is 0. The average molecular weight is 725 g/mol. The molecular formula is C49H44N2O4. The predicted molar refractivity (Wildman–Crippen MR) is 223 cm³/mol. The summed E-state index contributed by atoms with van der Waals surface area (Å²) in [6, 6.07) is 55.1. The molecule has 0 amide bonds. The molecule has 7 rings (SSSR count). The number of esters is 2. The van der Waals surface area contributed by atoms with Crippen LogP contribution in [0.1, 0.15) is 36.8 Å². The normalized spacial score (nSPS) is 12.1. The summed E-state index contributed by atoms with van der Waals surface area (Å²) in [5.41, 5.74) is 10.4. The maximum absolute atomic E-state index is 12.2. The van der Waals surface area contributed by atoms with E-state index in [-0.39, 0.29) is 13.2 Å². The molecular weight excluding hydrogens is 681 g/mol. The van der Waals surface area contributed by atoms with Gasteiger partial charge in [0.25, 0.3) is 0 Å². The highest BCUT2D eigenvalue weighted by Crippen LogP contribution is 2.56. The molecule has 0 atom stereocenters. The van der Waals surface area contributed by atoms with Crippen LogP contribution in [0.15, 0.2) is 183 Å². The van der Waals surface area contributed by atoms with Crippen LogP contribution in [0.25, 0.3) is 11.1 Å². The third-order valence-electron chi connectivity index (χ3n) is 10.2. The Morgan fingerprint density at radius 3 is 1.11 bits per heavy atom. The minimum absolute atomic E-state index is 0.252. The lowest BCUT2D eigenvalue weighted by atomic mass is 9.71. The van der Waals surface area contributed by atoms with Gasteiger partial charge in [-0.05, 0) is 121 Å². The fourth-order valence-corrected chi connectivity index (χ4v) is 7.83. The average Bonchev–Trinajstić information content (AvgIpc) is 3.50. The maximum Gasteiger partial charge on any atom is 0.330 e. The van der Waals surface area contributed by atoms with Crippen molar-refractivity contribution in [3.05, 3.63) is 194 Å². The summed E-state index contributed by atoms with van der Waals surface area (Å²) in [5.74, 6) is -0.880. The van der Waals surface area contributed by atoms with Crippen LogP contribution >= 0.6 is 0 Å². The zero-order chi connectivity index (χ0) is 38.0. The Balaban J connectivity index is 1.41. The van der Waals surface area contributed by atoms with Gasteiger partial charge in [0.15, 0.2) is 0 Å². The predicted octanol–water partition coefficient (Wildman–Crippen LogP) is 11.9. The van der Waals surface area contributed by atoms with Gasteiger partial charge in [-0.15, -0.1) is 0 Å². The molecule has 0 aliphatic heterocycles. The first-order valence-electron chi connectivity index (χ1n) is 18.7. The molecule has 0 aromatic heterocycles. The largest absolute Gasteiger partial charge is 0.463 e. The summed E-state index contributed by atoms with van der Waals surface area (Å²) in [6.07, 6.45) is 5.00. The molecule has 6 heteroatoms. The molecule has 1 aliphatic rings. The van der Waals surface area contributed by atoms with Gasteiger partial charge >= 0.3 is 11.9 Å². The molecule has 0 saturated carbocycles. The monoisotopic (exact) mass is 724 g/mol. The van der Waals surface area contributed by atoms with Gasteiger partial charge in [0, 0.05) is 51.7 Å². The van der Waals surface area contributed by atoms with Crippen molar-refractivity contribution >= 4 is 46.1 Å². The number of carbonyl (C=O) groups excluding carboxylic acids is 2. The molecule has 0 saturated heterocycles. The summed E-state index contributed by atoms with van der Waals surface area (Å²) in [6.45, 7) is 7.67. The van der Waals surface area contributed by atoms with E-state index in [1.54, 1.807) is 0 Å². The quantitative estimate of drug-likeness (QED) is 0.0563. The van der Waals surface area contributed by atoms with Gasteiger partial charge in [-0.2, -0.15) is 0 Å². The number of nitrogens with zero attached hydrogens (tertiary/aromatic N) is 2. The lowest BCUT2D eigenvalue weighted by molar-refractivity contribution is -0.138. The number of ether oxygens (including phenoxy) is 2. The number of carbonyl (C=O) groups is 2. The Morgan fingerprint density at radius 1 is 0.473 bits per heavy atom. The Hall–Kier alpha value is -6.66. The molecule has 0 heterocycles. The Labute approximate surface area is 323 Å². The molecule has 274 valence electrons. The minimum atomic E-state index is -0.518. The molecule has 1 aliphatic carbocycles. The van der Waals surface area contributed by atoms with Gasteiger partial charge in [0.05, 0.1) is 13.2 Å². The molecule has 6 nitrogen and oxygen atoms in total. The van der Waals surface area contributed by atoms with Crippen LogP contribution in [0.3, 0.4) is 0 Å². The van der Waals surface area contributed by atoms with Crippen molar-refractivity contribution in [1.82, 2.24) is 0 Å². The highest BCUT2D eigenvalue weighted by atomic mass is 16.5. The Morgan fingerprint density at radius 2 is 0.800 bits per heavy atom. The minimum Gasteiger partial charge on any atom is -0.463 e. The topological polar surface area (TPSA) is 59.1 Å². The zero-order valence-corrected chi connectivity index (χ0v) is 30.9. The molecule has 0 radical (unpaired) electrons. The number of fused-ring (bicyclic) bond motifs is 3. The third kappa shape index (κ3) is 7.85. The van der Waals surface area contributed by atoms with Crippen LogP contribution in [-0.4, -0.2) is 25.2 Å². The van der Waals surface area contributed by atoms with Crippen molar-refractivity contribution in [2.45, 2.75) is 31.1 Å². The van der Waals surface area contributed by atoms with Gasteiger partial charge in [0.1, 0.15) is 0 Å². The third-order valence-corrected chi connectivity index (χ3v) is 10.2. The van der Waals surface area contributed by atoms with Crippen LogP contribution < -0.4 is 9.80 Å². The van der Waals surface area contributed by atoms with E-state index in [0.717, 1.165) is 45.3 Å². The van der Waals surface area contributed by atoms with E-state index >= 15 is 0 Å². The summed E-state index contributed by atoms with van der Waals surface area (Å²) in [7, 11) is 0. The second-order valence-corrected chi connectivity index (χ2v) is 13.5. The van der Waals surface area contributed by atoms with Crippen molar-refractivity contribution in [3.8, 4) is 11.1 Å². The standard InChI is InChI=1S/C49H44N2O4/c1-3-47(52)54-33-17-31-49(32-18-34-55-48(53)4-2)45-35-41(50(37-19-9-5-10-20-37)38-21-11-6-12-22-38)27-29-43(45)44-30-28-42(36-46(44)49)51(39-23-13-7-14-24-39)40-25-15-8-16-26-40/h3-16,19-30,35-36H,1-2,17-18,31-34H2. The molecule has 6 aromatic carbocycles. The van der Waals surface area contributed by atoms with E-state index in [4.69, 9.17) is 9.47 Å². The number of para-hydroxylation sites is 4. The summed E-state index contributed by atoms with van der Waals surface area (Å²) in [4.78, 5) is 28.9. The lowest BCUT2D eigenvalue weighted by Gasteiger charge is -2.35. The first-order chi connectivity index (χ1) is 27.0. The Bertz CT molecular complexity index is 2010. The van der Waals surface area contributed by atoms with E-state index in [0.29, 0.717) is 25.7 Å². The van der Waals surface area contributed by atoms with Crippen LogP contribution in [0, 0.1) is 0 Å². The smallest absolute Gasteiger partial charge is 0.330 e. The Kier molecular flexibility index (Phi) is 11.3. The second kappa shape index (κ2) is 17.0. The molecule has 6 aromatic rings. The summed E-state index contributed by atoms with van der Waals surface area (Å²) in [5, 5.41) is 0. The zero-order valence-electron chi connectivity index (χ0n) is 30.9. The van der Waals surface area contributed by atoms with Gasteiger partial charge in [-0.25, -0.2) is 9.59 Å². The molecule has 0 unspecified atom stereocenters. The van der Waals surface area contributed by atoms with E-state index in [2.05, 4.69) is 156 Å². The fourth-order valence-electron chi connectivity index (χ4n) is 7.83. The first kappa shape index (κ1) is 36.7. The molecule has 0 spiro atoms. The number of anilines is 6. The van der Waals surface area contributed by atoms with E-state index in [9.17, 15) is 9.59 Å². The van der Waals surface area contributed by atoms with Crippen molar-refractivity contribution in [2.75, 3.05) is 23.0 Å². The van der Waals surface area contributed by atoms with E-state index < -0.39 is 17.4 Å². The molecule has 0 fully saturated rings. The van der Waals surface area contributed by atoms with Gasteiger partial charge < -0.3 is 19.3 Å². The second-order valence-electron chi connectivity index (χ2n) is 13.5. The molecule has 0 N–H and O–H groups in total. The number of rotatable bonds is 16. The fraction of sp³-hybridized carbons (Fsp3) is 0.143. The lowest BCUT2D eigenvalue weighted by Crippen LogP contribution is -2.27.